The summed E-state index contributed by atoms with van der Waals surface area (Å²) in [7, 11) is -3.45. The maximum atomic E-state index is 12.4. The van der Waals surface area contributed by atoms with Crippen LogP contribution in [0.25, 0.3) is 0 Å². The molecule has 2 heterocycles. The van der Waals surface area contributed by atoms with E-state index in [1.807, 2.05) is 6.07 Å². The second kappa shape index (κ2) is 8.18. The zero-order chi connectivity index (χ0) is 17.9. The summed E-state index contributed by atoms with van der Waals surface area (Å²) >= 11 is 3.34. The van der Waals surface area contributed by atoms with Gasteiger partial charge >= 0.3 is 0 Å². The molecule has 0 saturated carbocycles. The number of hydrogen-bond donors (Lipinski definition) is 0. The molecule has 0 unspecified atom stereocenters. The molecule has 2 aliphatic rings. The highest BCUT2D eigenvalue weighted by molar-refractivity contribution is 9.10. The van der Waals surface area contributed by atoms with Gasteiger partial charge in [-0.05, 0) is 56.5 Å². The van der Waals surface area contributed by atoms with Crippen LogP contribution in [-0.2, 0) is 20.4 Å². The lowest BCUT2D eigenvalue weighted by atomic mass is 10.0. The topological polar surface area (TPSA) is 57.7 Å². The highest BCUT2D eigenvalue weighted by Gasteiger charge is 2.30. The Hall–Kier alpha value is -0.920. The zero-order valence-corrected chi connectivity index (χ0v) is 16.8. The first-order chi connectivity index (χ1) is 11.9. The van der Waals surface area contributed by atoms with Crippen molar-refractivity contribution in [2.24, 2.45) is 0 Å². The van der Waals surface area contributed by atoms with Gasteiger partial charge < -0.3 is 9.80 Å². The molecule has 0 atom stereocenters. The van der Waals surface area contributed by atoms with Gasteiger partial charge in [0.2, 0.25) is 5.91 Å². The number of nitrogens with zero attached hydrogens (tertiary/aromatic N) is 2. The molecule has 2 saturated heterocycles. The Labute approximate surface area is 158 Å². The average molecular weight is 429 g/mol. The number of carbonyl (C=O) groups excluding carboxylic acids is 1. The van der Waals surface area contributed by atoms with Gasteiger partial charge in [-0.15, -0.1) is 0 Å². The van der Waals surface area contributed by atoms with E-state index in [1.54, 1.807) is 23.1 Å². The first-order valence-corrected chi connectivity index (χ1v) is 11.5. The minimum atomic E-state index is -3.45. The summed E-state index contributed by atoms with van der Waals surface area (Å²) in [5, 5.41) is 0. The summed E-state index contributed by atoms with van der Waals surface area (Å²) in [5.74, 6) is -0.745. The molecule has 0 aromatic heterocycles. The largest absolute Gasteiger partial charge is 0.342 e. The monoisotopic (exact) mass is 428 g/mol. The third-order valence-corrected chi connectivity index (χ3v) is 7.05. The lowest BCUT2D eigenvalue weighted by molar-refractivity contribution is -0.129. The maximum absolute atomic E-state index is 12.4. The summed E-state index contributed by atoms with van der Waals surface area (Å²) in [6.07, 6.45) is 4.45. The molecule has 0 spiro atoms. The normalized spacial score (nSPS) is 20.1. The molecular weight excluding hydrogens is 404 g/mol. The van der Waals surface area contributed by atoms with Crippen LogP contribution in [-0.4, -0.2) is 62.1 Å². The highest BCUT2D eigenvalue weighted by atomic mass is 79.9. The zero-order valence-electron chi connectivity index (χ0n) is 14.4. The smallest absolute Gasteiger partial charge is 0.237 e. The molecule has 0 radical (unpaired) electrons. The lowest BCUT2D eigenvalue weighted by Crippen LogP contribution is -2.47. The van der Waals surface area contributed by atoms with Crippen LogP contribution in [0.2, 0.25) is 0 Å². The van der Waals surface area contributed by atoms with Crippen LogP contribution in [0.5, 0.6) is 0 Å². The van der Waals surface area contributed by atoms with Crippen molar-refractivity contribution in [2.45, 2.75) is 37.5 Å². The van der Waals surface area contributed by atoms with Crippen molar-refractivity contribution >= 4 is 31.7 Å². The van der Waals surface area contributed by atoms with Crippen molar-refractivity contribution in [3.8, 4) is 0 Å². The molecule has 2 fully saturated rings. The summed E-state index contributed by atoms with van der Waals surface area (Å²) in [5.41, 5.74) is 0.704. The van der Waals surface area contributed by atoms with Crippen LogP contribution in [0.1, 0.15) is 31.2 Å². The Bertz CT molecular complexity index is 709. The van der Waals surface area contributed by atoms with Crippen LogP contribution in [0, 0.1) is 0 Å². The number of rotatable bonds is 5. The molecule has 0 bridgehead atoms. The SMILES string of the molecule is O=C(CS(=O)(=O)Cc1cccc(Br)c1)N1CCC(N2CCCC2)CC1. The van der Waals surface area contributed by atoms with Crippen LogP contribution < -0.4 is 0 Å². The number of benzene rings is 1. The molecule has 7 heteroatoms. The number of carbonyl (C=O) groups is 1. The molecule has 5 nitrogen and oxygen atoms in total. The standard InChI is InChI=1S/C18H25BrN2O3S/c19-16-5-3-4-15(12-16)13-25(23,24)14-18(22)21-10-6-17(7-11-21)20-8-1-2-9-20/h3-5,12,17H,1-2,6-11,13-14H2. The Balaban J connectivity index is 1.51. The van der Waals surface area contributed by atoms with Gasteiger partial charge in [0.15, 0.2) is 9.84 Å². The number of hydrogen-bond acceptors (Lipinski definition) is 4. The van der Waals surface area contributed by atoms with E-state index in [4.69, 9.17) is 0 Å². The molecule has 1 aromatic rings. The fourth-order valence-electron chi connectivity index (χ4n) is 3.80. The third-order valence-electron chi connectivity index (χ3n) is 5.09. The summed E-state index contributed by atoms with van der Waals surface area (Å²) in [6.45, 7) is 3.68. The number of piperidine rings is 1. The second-order valence-electron chi connectivity index (χ2n) is 7.02. The van der Waals surface area contributed by atoms with Gasteiger partial charge in [0.05, 0.1) is 5.75 Å². The number of likely N-dealkylation sites (tertiary alicyclic amines) is 2. The van der Waals surface area contributed by atoms with Gasteiger partial charge in [0, 0.05) is 23.6 Å². The summed E-state index contributed by atoms with van der Waals surface area (Å²) in [4.78, 5) is 16.7. The van der Waals surface area contributed by atoms with Crippen molar-refractivity contribution in [2.75, 3.05) is 31.9 Å². The minimum Gasteiger partial charge on any atom is -0.342 e. The van der Waals surface area contributed by atoms with E-state index in [2.05, 4.69) is 20.8 Å². The van der Waals surface area contributed by atoms with Gasteiger partial charge in [-0.2, -0.15) is 0 Å². The predicted octanol–water partition coefficient (Wildman–Crippen LogP) is 2.45. The maximum Gasteiger partial charge on any atom is 0.237 e. The fourth-order valence-corrected chi connectivity index (χ4v) is 5.59. The summed E-state index contributed by atoms with van der Waals surface area (Å²) in [6, 6.07) is 7.77. The molecule has 1 aromatic carbocycles. The van der Waals surface area contributed by atoms with E-state index in [-0.39, 0.29) is 11.7 Å². The molecule has 3 rings (SSSR count). The lowest BCUT2D eigenvalue weighted by Gasteiger charge is -2.36. The average Bonchev–Trinajstić information content (AvgIpc) is 3.08. The van der Waals surface area contributed by atoms with Crippen molar-refractivity contribution < 1.29 is 13.2 Å². The van der Waals surface area contributed by atoms with Crippen LogP contribution in [0.4, 0.5) is 0 Å². The Kier molecular flexibility index (Phi) is 6.17. The Morgan fingerprint density at radius 1 is 1.12 bits per heavy atom. The molecule has 25 heavy (non-hydrogen) atoms. The van der Waals surface area contributed by atoms with E-state index in [9.17, 15) is 13.2 Å². The van der Waals surface area contributed by atoms with E-state index < -0.39 is 15.6 Å². The van der Waals surface area contributed by atoms with E-state index in [1.165, 1.54) is 25.9 Å². The fraction of sp³-hybridized carbons (Fsp3) is 0.611. The van der Waals surface area contributed by atoms with Crippen molar-refractivity contribution in [3.63, 3.8) is 0 Å². The molecule has 0 N–H and O–H groups in total. The minimum absolute atomic E-state index is 0.0948. The molecular formula is C18H25BrN2O3S. The predicted molar refractivity (Wildman–Crippen MR) is 102 cm³/mol. The van der Waals surface area contributed by atoms with Crippen LogP contribution in [0.3, 0.4) is 0 Å². The van der Waals surface area contributed by atoms with Gasteiger partial charge in [0.25, 0.3) is 0 Å². The van der Waals surface area contributed by atoms with Crippen LogP contribution in [0.15, 0.2) is 28.7 Å². The van der Waals surface area contributed by atoms with Gasteiger partial charge in [-0.1, -0.05) is 28.1 Å². The van der Waals surface area contributed by atoms with E-state index in [0.717, 1.165) is 17.3 Å². The van der Waals surface area contributed by atoms with Crippen molar-refractivity contribution in [1.82, 2.24) is 9.80 Å². The van der Waals surface area contributed by atoms with E-state index in [0.29, 0.717) is 24.7 Å². The Morgan fingerprint density at radius 3 is 2.44 bits per heavy atom. The number of amides is 1. The van der Waals surface area contributed by atoms with Crippen LogP contribution >= 0.6 is 15.9 Å². The Morgan fingerprint density at radius 2 is 1.80 bits per heavy atom. The third kappa shape index (κ3) is 5.28. The van der Waals surface area contributed by atoms with Crippen molar-refractivity contribution in [3.05, 3.63) is 34.3 Å². The molecule has 138 valence electrons. The van der Waals surface area contributed by atoms with E-state index >= 15 is 0 Å². The summed E-state index contributed by atoms with van der Waals surface area (Å²) < 4.78 is 25.6. The first kappa shape index (κ1) is 18.9. The van der Waals surface area contributed by atoms with Gasteiger partial charge in [0.1, 0.15) is 5.75 Å². The number of sulfone groups is 1. The quantitative estimate of drug-likeness (QED) is 0.722. The van der Waals surface area contributed by atoms with Crippen molar-refractivity contribution in [1.29, 1.82) is 0 Å². The molecule has 1 amide bonds. The molecule has 0 aliphatic carbocycles. The number of halogens is 1. The first-order valence-electron chi connectivity index (χ1n) is 8.90. The second-order valence-corrected chi connectivity index (χ2v) is 10.00. The highest BCUT2D eigenvalue weighted by Crippen LogP contribution is 2.21. The van der Waals surface area contributed by atoms with Gasteiger partial charge in [-0.3, -0.25) is 4.79 Å². The molecule has 2 aliphatic heterocycles. The van der Waals surface area contributed by atoms with Gasteiger partial charge in [-0.25, -0.2) is 8.42 Å².